The van der Waals surface area contributed by atoms with Crippen molar-refractivity contribution in [2.45, 2.75) is 6.61 Å². The SMILES string of the molecule is N#Cc1c(F)cccc1Oc1ncc(CO)cn1. The number of halogens is 1. The highest BCUT2D eigenvalue weighted by Gasteiger charge is 2.10. The van der Waals surface area contributed by atoms with E-state index >= 15 is 0 Å². The Bertz CT molecular complexity index is 593. The molecule has 18 heavy (non-hydrogen) atoms. The number of nitrogens with zero attached hydrogens (tertiary/aromatic N) is 3. The van der Waals surface area contributed by atoms with Gasteiger partial charge in [0.2, 0.25) is 0 Å². The van der Waals surface area contributed by atoms with Crippen molar-refractivity contribution in [3.63, 3.8) is 0 Å². The largest absolute Gasteiger partial charge is 0.423 e. The third kappa shape index (κ3) is 2.42. The highest BCUT2D eigenvalue weighted by atomic mass is 19.1. The minimum atomic E-state index is -0.665. The predicted molar refractivity (Wildman–Crippen MR) is 59.1 cm³/mol. The maximum Gasteiger partial charge on any atom is 0.321 e. The summed E-state index contributed by atoms with van der Waals surface area (Å²) in [5.41, 5.74) is 0.328. The molecule has 5 nitrogen and oxygen atoms in total. The number of aliphatic hydroxyl groups excluding tert-OH is 1. The molecule has 1 heterocycles. The van der Waals surface area contributed by atoms with Gasteiger partial charge < -0.3 is 9.84 Å². The third-order valence-electron chi connectivity index (χ3n) is 2.15. The Morgan fingerprint density at radius 2 is 2.06 bits per heavy atom. The van der Waals surface area contributed by atoms with Crippen molar-refractivity contribution in [2.75, 3.05) is 0 Å². The first-order valence-corrected chi connectivity index (χ1v) is 5.03. The lowest BCUT2D eigenvalue weighted by Gasteiger charge is -2.05. The van der Waals surface area contributed by atoms with Gasteiger partial charge in [0.1, 0.15) is 17.4 Å². The topological polar surface area (TPSA) is 79.0 Å². The Balaban J connectivity index is 2.28. The molecule has 0 unspecified atom stereocenters. The van der Waals surface area contributed by atoms with Crippen LogP contribution < -0.4 is 4.74 Å². The maximum atomic E-state index is 13.3. The number of nitriles is 1. The average Bonchev–Trinajstić information content (AvgIpc) is 2.40. The molecule has 0 bridgehead atoms. The van der Waals surface area contributed by atoms with Gasteiger partial charge in [0, 0.05) is 18.0 Å². The molecule has 0 fully saturated rings. The third-order valence-corrected chi connectivity index (χ3v) is 2.15. The number of rotatable bonds is 3. The van der Waals surface area contributed by atoms with Crippen molar-refractivity contribution in [3.8, 4) is 17.8 Å². The lowest BCUT2D eigenvalue weighted by atomic mass is 10.2. The van der Waals surface area contributed by atoms with E-state index < -0.39 is 5.82 Å². The summed E-state index contributed by atoms with van der Waals surface area (Å²) in [6.07, 6.45) is 2.77. The summed E-state index contributed by atoms with van der Waals surface area (Å²) in [6, 6.07) is 5.73. The minimum Gasteiger partial charge on any atom is -0.423 e. The first-order chi connectivity index (χ1) is 8.74. The molecule has 0 saturated heterocycles. The predicted octanol–water partition coefficient (Wildman–Crippen LogP) is 1.77. The summed E-state index contributed by atoms with van der Waals surface area (Å²) in [7, 11) is 0. The van der Waals surface area contributed by atoms with Gasteiger partial charge >= 0.3 is 6.01 Å². The second-order valence-electron chi connectivity index (χ2n) is 3.36. The van der Waals surface area contributed by atoms with E-state index in [9.17, 15) is 4.39 Å². The average molecular weight is 245 g/mol. The summed E-state index contributed by atoms with van der Waals surface area (Å²) in [4.78, 5) is 7.65. The zero-order valence-electron chi connectivity index (χ0n) is 9.17. The lowest BCUT2D eigenvalue weighted by molar-refractivity contribution is 0.280. The van der Waals surface area contributed by atoms with Gasteiger partial charge in [0.05, 0.1) is 6.61 Å². The molecule has 0 amide bonds. The Kier molecular flexibility index (Phi) is 3.46. The van der Waals surface area contributed by atoms with Gasteiger partial charge in [-0.05, 0) is 12.1 Å². The maximum absolute atomic E-state index is 13.3. The van der Waals surface area contributed by atoms with Gasteiger partial charge in [-0.1, -0.05) is 6.07 Å². The van der Waals surface area contributed by atoms with Crippen molar-refractivity contribution in [1.29, 1.82) is 5.26 Å². The van der Waals surface area contributed by atoms with Crippen LogP contribution in [0.25, 0.3) is 0 Å². The summed E-state index contributed by atoms with van der Waals surface area (Å²) in [5, 5.41) is 17.6. The summed E-state index contributed by atoms with van der Waals surface area (Å²) >= 11 is 0. The van der Waals surface area contributed by atoms with Crippen LogP contribution in [0.5, 0.6) is 11.8 Å². The van der Waals surface area contributed by atoms with Crippen LogP contribution in [0, 0.1) is 17.1 Å². The van der Waals surface area contributed by atoms with E-state index in [1.165, 1.54) is 30.6 Å². The van der Waals surface area contributed by atoms with E-state index in [-0.39, 0.29) is 23.9 Å². The highest BCUT2D eigenvalue weighted by molar-refractivity contribution is 5.44. The monoisotopic (exact) mass is 245 g/mol. The van der Waals surface area contributed by atoms with Crippen LogP contribution in [0.4, 0.5) is 4.39 Å². The quantitative estimate of drug-likeness (QED) is 0.891. The molecule has 0 aliphatic carbocycles. The van der Waals surface area contributed by atoms with Gasteiger partial charge in [-0.3, -0.25) is 0 Å². The first kappa shape index (κ1) is 12.0. The van der Waals surface area contributed by atoms with Crippen molar-refractivity contribution < 1.29 is 14.2 Å². The van der Waals surface area contributed by atoms with E-state index in [2.05, 4.69) is 9.97 Å². The molecule has 6 heteroatoms. The molecule has 0 spiro atoms. The normalized spacial score (nSPS) is 9.83. The van der Waals surface area contributed by atoms with Gasteiger partial charge in [0.15, 0.2) is 5.75 Å². The van der Waals surface area contributed by atoms with E-state index in [0.717, 1.165) is 0 Å². The summed E-state index contributed by atoms with van der Waals surface area (Å²) < 4.78 is 18.5. The van der Waals surface area contributed by atoms with Crippen molar-refractivity contribution >= 4 is 0 Å². The lowest BCUT2D eigenvalue weighted by Crippen LogP contribution is -1.96. The Labute approximate surface area is 102 Å². The van der Waals surface area contributed by atoms with Crippen LogP contribution in [-0.4, -0.2) is 15.1 Å². The van der Waals surface area contributed by atoms with Crippen LogP contribution in [-0.2, 0) is 6.61 Å². The number of aromatic nitrogens is 2. The molecule has 0 atom stereocenters. The number of aliphatic hydroxyl groups is 1. The number of hydrogen-bond acceptors (Lipinski definition) is 5. The molecule has 90 valence electrons. The number of benzene rings is 1. The number of ether oxygens (including phenoxy) is 1. The smallest absolute Gasteiger partial charge is 0.321 e. The minimum absolute atomic E-state index is 0.0192. The van der Waals surface area contributed by atoms with Crippen LogP contribution >= 0.6 is 0 Å². The van der Waals surface area contributed by atoms with Gasteiger partial charge in [0.25, 0.3) is 0 Å². The molecule has 0 aliphatic rings. The standard InChI is InChI=1S/C12H8FN3O2/c13-10-2-1-3-11(9(10)4-14)18-12-15-5-8(7-17)6-16-12/h1-3,5-6,17H,7H2. The molecule has 0 radical (unpaired) electrons. The zero-order chi connectivity index (χ0) is 13.0. The second kappa shape index (κ2) is 5.21. The van der Waals surface area contributed by atoms with Crippen LogP contribution in [0.1, 0.15) is 11.1 Å². The molecule has 0 aliphatic heterocycles. The van der Waals surface area contributed by atoms with Crippen molar-refractivity contribution in [1.82, 2.24) is 9.97 Å². The molecule has 0 saturated carbocycles. The fraction of sp³-hybridized carbons (Fsp3) is 0.0833. The van der Waals surface area contributed by atoms with Gasteiger partial charge in [-0.15, -0.1) is 0 Å². The number of hydrogen-bond donors (Lipinski definition) is 1. The van der Waals surface area contributed by atoms with Crippen molar-refractivity contribution in [2.24, 2.45) is 0 Å². The van der Waals surface area contributed by atoms with Crippen molar-refractivity contribution in [3.05, 3.63) is 47.5 Å². The van der Waals surface area contributed by atoms with E-state index in [0.29, 0.717) is 5.56 Å². The van der Waals surface area contributed by atoms with E-state index in [1.54, 1.807) is 6.07 Å². The van der Waals surface area contributed by atoms with E-state index in [4.69, 9.17) is 15.1 Å². The zero-order valence-corrected chi connectivity index (χ0v) is 9.17. The van der Waals surface area contributed by atoms with Gasteiger partial charge in [-0.2, -0.15) is 5.26 Å². The molecule has 1 aromatic heterocycles. The van der Waals surface area contributed by atoms with Crippen LogP contribution in [0.3, 0.4) is 0 Å². The Morgan fingerprint density at radius 3 is 2.67 bits per heavy atom. The molecular weight excluding hydrogens is 237 g/mol. The summed E-state index contributed by atoms with van der Waals surface area (Å²) in [6.45, 7) is -0.177. The van der Waals surface area contributed by atoms with E-state index in [1.807, 2.05) is 0 Å². The highest BCUT2D eigenvalue weighted by Crippen LogP contribution is 2.24. The van der Waals surface area contributed by atoms with Gasteiger partial charge in [-0.25, -0.2) is 14.4 Å². The molecule has 1 aromatic carbocycles. The fourth-order valence-electron chi connectivity index (χ4n) is 1.27. The molecule has 2 rings (SSSR count). The Morgan fingerprint density at radius 1 is 1.33 bits per heavy atom. The summed E-state index contributed by atoms with van der Waals surface area (Å²) in [5.74, 6) is -0.615. The van der Waals surface area contributed by atoms with Crippen LogP contribution in [0.15, 0.2) is 30.6 Å². The molecule has 1 N–H and O–H groups in total. The first-order valence-electron chi connectivity index (χ1n) is 5.03. The fourth-order valence-corrected chi connectivity index (χ4v) is 1.27. The second-order valence-corrected chi connectivity index (χ2v) is 3.36. The molecule has 2 aromatic rings. The Hall–Kier alpha value is -2.52. The molecular formula is C12H8FN3O2. The van der Waals surface area contributed by atoms with Crippen LogP contribution in [0.2, 0.25) is 0 Å².